The molecule has 0 aliphatic carbocycles. The van der Waals surface area contributed by atoms with E-state index in [9.17, 15) is 0 Å². The van der Waals surface area contributed by atoms with Crippen molar-refractivity contribution in [3.63, 3.8) is 0 Å². The first-order chi connectivity index (χ1) is 14.3. The van der Waals surface area contributed by atoms with Gasteiger partial charge in [-0.2, -0.15) is 0 Å². The van der Waals surface area contributed by atoms with E-state index in [-0.39, 0.29) is 0 Å². The summed E-state index contributed by atoms with van der Waals surface area (Å²) in [6.45, 7) is 2.70. The number of hydrogen-bond donors (Lipinski definition) is 2. The van der Waals surface area contributed by atoms with Gasteiger partial charge < -0.3 is 14.2 Å². The average Bonchev–Trinajstić information content (AvgIpc) is 2.79. The second kappa shape index (κ2) is 6.65. The molecule has 0 saturated heterocycles. The van der Waals surface area contributed by atoms with Crippen LogP contribution >= 0.6 is 0 Å². The lowest BCUT2D eigenvalue weighted by Gasteiger charge is -2.21. The van der Waals surface area contributed by atoms with Crippen LogP contribution in [-0.4, -0.2) is 13.5 Å². The molecule has 0 atom stereocenters. The van der Waals surface area contributed by atoms with E-state index >= 15 is 0 Å². The summed E-state index contributed by atoms with van der Waals surface area (Å²) in [6, 6.07) is 20.8. The summed E-state index contributed by atoms with van der Waals surface area (Å²) in [7, 11) is 0. The third-order valence-corrected chi connectivity index (χ3v) is 5.55. The van der Waals surface area contributed by atoms with Crippen LogP contribution in [0.15, 0.2) is 60.7 Å². The lowest BCUT2D eigenvalue weighted by atomic mass is 10.0. The molecule has 0 unspecified atom stereocenters. The van der Waals surface area contributed by atoms with Crippen LogP contribution in [0.5, 0.6) is 23.0 Å². The maximum atomic E-state index is 6.23. The molecule has 2 heterocycles. The predicted molar refractivity (Wildman–Crippen MR) is 113 cm³/mol. The molecule has 2 N–H and O–H groups in total. The van der Waals surface area contributed by atoms with Crippen molar-refractivity contribution in [1.82, 2.24) is 10.6 Å². The van der Waals surface area contributed by atoms with Gasteiger partial charge in [-0.15, -0.1) is 0 Å². The zero-order chi connectivity index (χ0) is 19.2. The van der Waals surface area contributed by atoms with E-state index < -0.39 is 0 Å². The summed E-state index contributed by atoms with van der Waals surface area (Å²) >= 11 is 0. The van der Waals surface area contributed by atoms with Crippen molar-refractivity contribution in [2.45, 2.75) is 13.1 Å². The molecule has 144 valence electrons. The fourth-order valence-electron chi connectivity index (χ4n) is 4.13. The van der Waals surface area contributed by atoms with Crippen LogP contribution in [0.25, 0.3) is 21.5 Å². The van der Waals surface area contributed by atoms with Crippen LogP contribution in [0.4, 0.5) is 0 Å². The Morgan fingerprint density at radius 3 is 1.62 bits per heavy atom. The Bertz CT molecular complexity index is 1150. The van der Waals surface area contributed by atoms with E-state index in [1.165, 1.54) is 11.1 Å². The van der Waals surface area contributed by atoms with E-state index in [2.05, 4.69) is 59.2 Å². The molecule has 2 aliphatic heterocycles. The fraction of sp³-hybridized carbons (Fsp3) is 0.167. The molecule has 0 amide bonds. The maximum absolute atomic E-state index is 6.23. The quantitative estimate of drug-likeness (QED) is 0.526. The minimum atomic E-state index is 0.530. The van der Waals surface area contributed by atoms with Gasteiger partial charge in [0.15, 0.2) is 0 Å². The molecule has 0 spiro atoms. The van der Waals surface area contributed by atoms with Gasteiger partial charge in [0, 0.05) is 35.0 Å². The number of fused-ring (bicyclic) bond motifs is 6. The van der Waals surface area contributed by atoms with Crippen molar-refractivity contribution >= 4 is 21.5 Å². The molecule has 0 fully saturated rings. The molecule has 0 aromatic heterocycles. The molecule has 4 aromatic rings. The summed E-state index contributed by atoms with van der Waals surface area (Å²) < 4.78 is 18.0. The normalized spacial score (nSPS) is 15.3. The Balaban J connectivity index is 1.40. The van der Waals surface area contributed by atoms with Crippen molar-refractivity contribution in [2.75, 3.05) is 13.5 Å². The van der Waals surface area contributed by atoms with Crippen LogP contribution in [-0.2, 0) is 13.1 Å². The fourth-order valence-corrected chi connectivity index (χ4v) is 4.13. The van der Waals surface area contributed by atoms with E-state index in [1.54, 1.807) is 0 Å². The summed E-state index contributed by atoms with van der Waals surface area (Å²) in [5.41, 5.74) is 2.34. The molecule has 0 saturated carbocycles. The number of hydrogen-bond acceptors (Lipinski definition) is 5. The van der Waals surface area contributed by atoms with Crippen LogP contribution < -0.4 is 24.8 Å². The van der Waals surface area contributed by atoms with Crippen molar-refractivity contribution in [3.8, 4) is 23.0 Å². The molecule has 0 radical (unpaired) electrons. The molecule has 5 nitrogen and oxygen atoms in total. The van der Waals surface area contributed by atoms with E-state index in [1.807, 2.05) is 12.1 Å². The molecule has 2 aliphatic rings. The second-order valence-electron chi connectivity index (χ2n) is 7.41. The number of nitrogens with one attached hydrogen (secondary N) is 2. The van der Waals surface area contributed by atoms with Crippen molar-refractivity contribution in [2.24, 2.45) is 0 Å². The van der Waals surface area contributed by atoms with Gasteiger partial charge in [0.25, 0.3) is 0 Å². The maximum Gasteiger partial charge on any atom is 0.139 e. The summed E-state index contributed by atoms with van der Waals surface area (Å²) in [4.78, 5) is 0. The standard InChI is InChI=1S/C24H20N2O3/c1-3-17-11-25-13-27-23(17)21-9-19(7-5-15(1)21)29-20-8-6-16-2-4-18-12-26-14-28-24(18)22(16)10-20/h1-10,25-26H,11-14H2. The SMILES string of the molecule is c1cc2ccc3c(c2cc1Oc1ccc2ccc4c(c2c1)OCNC4)OCNC3. The molecule has 29 heavy (non-hydrogen) atoms. The molecular weight excluding hydrogens is 364 g/mol. The monoisotopic (exact) mass is 384 g/mol. The van der Waals surface area contributed by atoms with Crippen LogP contribution in [0.2, 0.25) is 0 Å². The second-order valence-corrected chi connectivity index (χ2v) is 7.41. The minimum Gasteiger partial charge on any atom is -0.477 e. The molecule has 0 bridgehead atoms. The zero-order valence-electron chi connectivity index (χ0n) is 15.8. The van der Waals surface area contributed by atoms with Crippen LogP contribution in [0.3, 0.4) is 0 Å². The van der Waals surface area contributed by atoms with Crippen LogP contribution in [0.1, 0.15) is 11.1 Å². The van der Waals surface area contributed by atoms with E-state index in [0.29, 0.717) is 13.5 Å². The lowest BCUT2D eigenvalue weighted by molar-refractivity contribution is 0.260. The van der Waals surface area contributed by atoms with Crippen LogP contribution in [0, 0.1) is 0 Å². The predicted octanol–water partition coefficient (Wildman–Crippen LogP) is 4.66. The highest BCUT2D eigenvalue weighted by Crippen LogP contribution is 2.37. The summed E-state index contributed by atoms with van der Waals surface area (Å²) in [5, 5.41) is 10.9. The molecule has 5 heteroatoms. The smallest absolute Gasteiger partial charge is 0.139 e. The Kier molecular flexibility index (Phi) is 3.82. The number of rotatable bonds is 2. The number of benzene rings is 4. The van der Waals surface area contributed by atoms with Gasteiger partial charge in [-0.25, -0.2) is 0 Å². The van der Waals surface area contributed by atoms with Crippen molar-refractivity contribution < 1.29 is 14.2 Å². The topological polar surface area (TPSA) is 51.8 Å². The van der Waals surface area contributed by atoms with Gasteiger partial charge in [0.2, 0.25) is 0 Å². The first kappa shape index (κ1) is 16.7. The Labute approximate surface area is 168 Å². The van der Waals surface area contributed by atoms with E-state index in [0.717, 1.165) is 57.6 Å². The van der Waals surface area contributed by atoms with Gasteiger partial charge in [0.05, 0.1) is 0 Å². The Morgan fingerprint density at radius 2 is 1.10 bits per heavy atom. The van der Waals surface area contributed by atoms with Gasteiger partial charge in [-0.1, -0.05) is 36.4 Å². The highest BCUT2D eigenvalue weighted by molar-refractivity contribution is 5.92. The van der Waals surface area contributed by atoms with Crippen molar-refractivity contribution in [1.29, 1.82) is 0 Å². The average molecular weight is 384 g/mol. The lowest BCUT2D eigenvalue weighted by Crippen LogP contribution is -2.25. The summed E-state index contributed by atoms with van der Waals surface area (Å²) in [5.74, 6) is 3.47. The zero-order valence-corrected chi connectivity index (χ0v) is 15.8. The summed E-state index contributed by atoms with van der Waals surface area (Å²) in [6.07, 6.45) is 0. The highest BCUT2D eigenvalue weighted by Gasteiger charge is 2.16. The first-order valence-electron chi connectivity index (χ1n) is 9.81. The van der Waals surface area contributed by atoms with Gasteiger partial charge in [-0.3, -0.25) is 10.6 Å². The minimum absolute atomic E-state index is 0.530. The first-order valence-corrected chi connectivity index (χ1v) is 9.81. The largest absolute Gasteiger partial charge is 0.477 e. The van der Waals surface area contributed by atoms with Gasteiger partial charge >= 0.3 is 0 Å². The Hall–Kier alpha value is -3.28. The Morgan fingerprint density at radius 1 is 0.621 bits per heavy atom. The third kappa shape index (κ3) is 2.87. The molecule has 4 aromatic carbocycles. The number of ether oxygens (including phenoxy) is 3. The highest BCUT2D eigenvalue weighted by atomic mass is 16.5. The van der Waals surface area contributed by atoms with E-state index in [4.69, 9.17) is 14.2 Å². The van der Waals surface area contributed by atoms with Gasteiger partial charge in [-0.05, 0) is 35.0 Å². The molecule has 6 rings (SSSR count). The van der Waals surface area contributed by atoms with Crippen molar-refractivity contribution in [3.05, 3.63) is 71.8 Å². The molecular formula is C24H20N2O3. The van der Waals surface area contributed by atoms with Gasteiger partial charge in [0.1, 0.15) is 36.5 Å². The third-order valence-electron chi connectivity index (χ3n) is 5.55.